The summed E-state index contributed by atoms with van der Waals surface area (Å²) < 4.78 is 16.0. The molecule has 2 heterocycles. The lowest BCUT2D eigenvalue weighted by molar-refractivity contribution is -0.139. The average molecular weight is 1020 g/mol. The van der Waals surface area contributed by atoms with E-state index in [1.807, 2.05) is 110 Å². The first-order chi connectivity index (χ1) is 34.8. The third-order valence-electron chi connectivity index (χ3n) is 11.7. The number of aromatic nitrogens is 2. The number of anilines is 2. The zero-order valence-electron chi connectivity index (χ0n) is 42.6. The molecule has 0 spiro atoms. The number of nitrogens with two attached hydrogens (primary N) is 2. The summed E-state index contributed by atoms with van der Waals surface area (Å²) in [5, 5.41) is 54.2. The first-order valence-corrected chi connectivity index (χ1v) is 24.7. The van der Waals surface area contributed by atoms with Gasteiger partial charge in [0.2, 0.25) is 5.96 Å². The molecule has 11 N–H and O–H groups in total. The van der Waals surface area contributed by atoms with Gasteiger partial charge in [0, 0.05) is 72.5 Å². The second kappa shape index (κ2) is 29.6. The van der Waals surface area contributed by atoms with E-state index < -0.39 is 24.6 Å². The highest BCUT2D eigenvalue weighted by Gasteiger charge is 2.31. The average Bonchev–Trinajstić information content (AvgIpc) is 3.69. The second-order valence-corrected chi connectivity index (χ2v) is 18.5. The van der Waals surface area contributed by atoms with Gasteiger partial charge in [-0.2, -0.15) is 4.99 Å². The van der Waals surface area contributed by atoms with Gasteiger partial charge in [0.05, 0.1) is 42.0 Å². The molecule has 0 saturated carbocycles. The number of carboxylic acids is 1. The van der Waals surface area contributed by atoms with Crippen LogP contribution in [0, 0.1) is 11.2 Å². The molecule has 6 rings (SSSR count). The van der Waals surface area contributed by atoms with E-state index >= 15 is 0 Å². The van der Waals surface area contributed by atoms with Crippen molar-refractivity contribution in [2.75, 3.05) is 51.0 Å². The number of benzene rings is 4. The van der Waals surface area contributed by atoms with Crippen LogP contribution in [0.5, 0.6) is 0 Å². The molecule has 1 unspecified atom stereocenters. The van der Waals surface area contributed by atoms with Gasteiger partial charge >= 0.3 is 5.97 Å². The van der Waals surface area contributed by atoms with Crippen LogP contribution in [-0.2, 0) is 11.3 Å². The number of carboxylic acid groups (broad SMARTS) is 1. The van der Waals surface area contributed by atoms with Gasteiger partial charge in [0.25, 0.3) is 5.91 Å². The van der Waals surface area contributed by atoms with E-state index in [1.165, 1.54) is 17.0 Å². The first-order valence-electron chi connectivity index (χ1n) is 24.3. The smallest absolute Gasteiger partial charge is 0.305 e. The molecule has 0 aliphatic carbocycles. The number of hydrogen-bond donors (Lipinski definition) is 9. The number of hydrogen-bond acceptors (Lipinski definition) is 9. The molecule has 0 bridgehead atoms. The lowest BCUT2D eigenvalue weighted by Crippen LogP contribution is -2.28. The largest absolute Gasteiger partial charge is 0.481 e. The van der Waals surface area contributed by atoms with Crippen LogP contribution in [-0.4, -0.2) is 122 Å². The highest BCUT2D eigenvalue weighted by molar-refractivity contribution is 6.31. The minimum Gasteiger partial charge on any atom is -0.481 e. The first kappa shape index (κ1) is 58.7. The second-order valence-electron chi connectivity index (χ2n) is 18.0. The van der Waals surface area contributed by atoms with Gasteiger partial charge in [-0.05, 0) is 123 Å². The third-order valence-corrected chi connectivity index (χ3v) is 11.9. The third kappa shape index (κ3) is 18.6. The summed E-state index contributed by atoms with van der Waals surface area (Å²) in [7, 11) is 3.38. The summed E-state index contributed by atoms with van der Waals surface area (Å²) in [4.78, 5) is 36.6. The molecule has 6 aromatic rings. The molecule has 1 amide bonds. The Morgan fingerprint density at radius 3 is 2.12 bits per heavy atom. The zero-order chi connectivity index (χ0) is 53.6. The highest BCUT2D eigenvalue weighted by Crippen LogP contribution is 2.43. The van der Waals surface area contributed by atoms with Gasteiger partial charge in [0.1, 0.15) is 5.82 Å². The van der Waals surface area contributed by atoms with Crippen LogP contribution in [0.15, 0.2) is 120 Å². The van der Waals surface area contributed by atoms with Gasteiger partial charge in [0.15, 0.2) is 5.96 Å². The number of carbonyl (C=O) groups excluding carboxylic acids is 1. The minimum absolute atomic E-state index is 0.0509. The van der Waals surface area contributed by atoms with Crippen molar-refractivity contribution in [1.82, 2.24) is 19.4 Å². The summed E-state index contributed by atoms with van der Waals surface area (Å²) in [6.45, 7) is 11.6. The summed E-state index contributed by atoms with van der Waals surface area (Å²) >= 11 is 6.03. The SMILES string of the molecule is CC(C)c1c(C(=O)Nc2ccccc2)c(-c2ccccc2)c(-c2ccc(F)cc2)n1CC[C@@H](O)C[C@@H](O)CC(=O)O.CCN(CCO)CCCC(C)Nc1ccnc2cc(Cl)ccc12.CN(C)C(=N)N=C(N)N. The Balaban J connectivity index is 0.000000301. The van der Waals surface area contributed by atoms with Crippen molar-refractivity contribution in [3.63, 3.8) is 0 Å². The number of aliphatic hydroxyl groups is 3. The predicted octanol–water partition coefficient (Wildman–Crippen LogP) is 8.85. The van der Waals surface area contributed by atoms with E-state index in [2.05, 4.69) is 39.4 Å². The van der Waals surface area contributed by atoms with Gasteiger partial charge < -0.3 is 56.9 Å². The zero-order valence-corrected chi connectivity index (χ0v) is 43.4. The van der Waals surface area contributed by atoms with E-state index in [-0.39, 0.29) is 55.6 Å². The monoisotopic (exact) mass is 1020 g/mol. The molecule has 0 radical (unpaired) electrons. The standard InChI is InChI=1S/C33H35FN2O5.C18H26ClN3O.C4H11N5/c1-21(2)31-30(33(41)35-25-11-7-4-8-12-25)29(22-9-5-3-6-10-22)32(23-13-15-24(34)16-14-23)36(31)18-17-26(37)19-27(38)20-28(39)40;1-3-22(11-12-23)10-4-5-14(2)21-17-8-9-20-18-13-15(19)6-7-16(17)18;1-9(2)4(7)8-3(5)6/h3-16,21,26-27,37-38H,17-20H2,1-2H3,(H,35,41)(H,39,40);6-9,13-14,23H,3-5,10-12H2,1-2H3,(H,20,21);1-2H3,(H5,5,6,7,8)/t26-,27-;;/m1../s1. The maximum Gasteiger partial charge on any atom is 0.305 e. The molecular weight excluding hydrogens is 951 g/mol. The molecule has 3 atom stereocenters. The highest BCUT2D eigenvalue weighted by atomic mass is 35.5. The van der Waals surface area contributed by atoms with Crippen molar-refractivity contribution in [3.05, 3.63) is 137 Å². The van der Waals surface area contributed by atoms with Crippen molar-refractivity contribution < 1.29 is 34.4 Å². The number of aliphatic carboxylic acids is 1. The van der Waals surface area contributed by atoms with Crippen molar-refractivity contribution in [1.29, 1.82) is 5.41 Å². The number of amides is 1. The normalized spacial score (nSPS) is 12.2. The van der Waals surface area contributed by atoms with Gasteiger partial charge in [-0.1, -0.05) is 80.9 Å². The van der Waals surface area contributed by atoms with Crippen LogP contribution >= 0.6 is 11.6 Å². The Morgan fingerprint density at radius 2 is 1.55 bits per heavy atom. The Morgan fingerprint density at radius 1 is 0.890 bits per heavy atom. The maximum atomic E-state index is 14.0. The molecular formula is C55H72ClFN10O6. The predicted molar refractivity (Wildman–Crippen MR) is 293 cm³/mol. The quantitative estimate of drug-likeness (QED) is 0.0242. The number of nitrogens with zero attached hydrogens (tertiary/aromatic N) is 5. The summed E-state index contributed by atoms with van der Waals surface area (Å²) in [5.74, 6) is -1.97. The van der Waals surface area contributed by atoms with E-state index in [0.29, 0.717) is 39.1 Å². The number of para-hydroxylation sites is 1. The number of likely N-dealkylation sites (N-methyl/N-ethyl adjacent to an activating group) is 1. The maximum absolute atomic E-state index is 14.0. The number of aliphatic hydroxyl groups excluding tert-OH is 3. The number of nitrogens with one attached hydrogen (secondary N) is 3. The Bertz CT molecular complexity index is 2700. The van der Waals surface area contributed by atoms with Gasteiger partial charge in [-0.25, -0.2) is 4.39 Å². The van der Waals surface area contributed by atoms with Crippen molar-refractivity contribution in [3.8, 4) is 22.4 Å². The Hall–Kier alpha value is -6.89. The fraction of sp³-hybridized carbons (Fsp3) is 0.364. The number of halogens is 2. The van der Waals surface area contributed by atoms with Crippen molar-refractivity contribution >= 4 is 57.7 Å². The molecule has 0 aliphatic heterocycles. The van der Waals surface area contributed by atoms with E-state index in [0.717, 1.165) is 60.3 Å². The van der Waals surface area contributed by atoms with E-state index in [1.54, 1.807) is 26.2 Å². The fourth-order valence-corrected chi connectivity index (χ4v) is 8.37. The number of carbonyl (C=O) groups is 2. The number of rotatable bonds is 21. The number of guanidine groups is 2. The van der Waals surface area contributed by atoms with Gasteiger partial charge in [-0.3, -0.25) is 20.0 Å². The summed E-state index contributed by atoms with van der Waals surface area (Å²) in [6.07, 6.45) is 1.50. The molecule has 0 aliphatic rings. The summed E-state index contributed by atoms with van der Waals surface area (Å²) in [6, 6.07) is 33.0. The van der Waals surface area contributed by atoms with Gasteiger partial charge in [-0.15, -0.1) is 0 Å². The van der Waals surface area contributed by atoms with Crippen LogP contribution in [0.25, 0.3) is 33.3 Å². The summed E-state index contributed by atoms with van der Waals surface area (Å²) in [5.41, 5.74) is 16.8. The van der Waals surface area contributed by atoms with Crippen LogP contribution in [0.4, 0.5) is 15.8 Å². The van der Waals surface area contributed by atoms with E-state index in [9.17, 15) is 24.2 Å². The molecule has 0 saturated heterocycles. The van der Waals surface area contributed by atoms with Crippen LogP contribution in [0.3, 0.4) is 0 Å². The Labute approximate surface area is 433 Å². The van der Waals surface area contributed by atoms with Crippen molar-refractivity contribution in [2.24, 2.45) is 16.5 Å². The molecule has 0 fully saturated rings. The molecule has 73 heavy (non-hydrogen) atoms. The topological polar surface area (TPSA) is 252 Å². The van der Waals surface area contributed by atoms with Crippen LogP contribution < -0.4 is 22.1 Å². The number of fused-ring (bicyclic) bond motifs is 1. The van der Waals surface area contributed by atoms with Crippen LogP contribution in [0.1, 0.15) is 81.8 Å². The lowest BCUT2D eigenvalue weighted by Gasteiger charge is -2.21. The van der Waals surface area contributed by atoms with Crippen molar-refractivity contribution in [2.45, 2.75) is 90.5 Å². The Kier molecular flexibility index (Phi) is 23.8. The molecule has 18 heteroatoms. The lowest BCUT2D eigenvalue weighted by atomic mass is 9.94. The molecule has 392 valence electrons. The molecule has 16 nitrogen and oxygen atoms in total. The molecule has 2 aromatic heterocycles. The fourth-order valence-electron chi connectivity index (χ4n) is 8.20. The van der Waals surface area contributed by atoms with E-state index in [4.69, 9.17) is 38.7 Å². The minimum atomic E-state index is -1.18. The van der Waals surface area contributed by atoms with Crippen LogP contribution in [0.2, 0.25) is 5.02 Å². The molecule has 4 aromatic carbocycles. The number of aliphatic imine (C=N–C) groups is 1. The number of pyridine rings is 1.